The highest BCUT2D eigenvalue weighted by Crippen LogP contribution is 2.20. The Hall–Kier alpha value is -0.450. The van der Waals surface area contributed by atoms with Crippen molar-refractivity contribution in [2.45, 2.75) is 40.7 Å². The van der Waals surface area contributed by atoms with E-state index in [1.165, 1.54) is 4.88 Å². The maximum absolute atomic E-state index is 8.93. The Morgan fingerprint density at radius 3 is 2.56 bits per heavy atom. The van der Waals surface area contributed by atoms with Gasteiger partial charge < -0.3 is 10.4 Å². The number of aliphatic hydroxyl groups excluding tert-OH is 1. The highest BCUT2D eigenvalue weighted by molar-refractivity contribution is 7.11. The number of nitrogens with one attached hydrogen (secondary N) is 1. The van der Waals surface area contributed by atoms with E-state index in [1.54, 1.807) is 11.3 Å². The normalized spacial score (nSPS) is 12.1. The number of thiazole rings is 1. The smallest absolute Gasteiger partial charge is 0.0900 e. The lowest BCUT2D eigenvalue weighted by atomic mass is 9.90. The van der Waals surface area contributed by atoms with Crippen molar-refractivity contribution in [2.75, 3.05) is 13.2 Å². The van der Waals surface area contributed by atoms with E-state index in [2.05, 4.69) is 31.1 Å². The number of rotatable bonds is 6. The first-order chi connectivity index (χ1) is 7.44. The summed E-state index contributed by atoms with van der Waals surface area (Å²) >= 11 is 1.76. The summed E-state index contributed by atoms with van der Waals surface area (Å²) in [5.74, 6) is 0. The van der Waals surface area contributed by atoms with E-state index in [0.717, 1.165) is 30.2 Å². The van der Waals surface area contributed by atoms with Gasteiger partial charge in [-0.2, -0.15) is 0 Å². The molecule has 0 spiro atoms. The zero-order valence-electron chi connectivity index (χ0n) is 10.6. The summed E-state index contributed by atoms with van der Waals surface area (Å²) in [6, 6.07) is 0. The van der Waals surface area contributed by atoms with Crippen LogP contribution in [0, 0.1) is 19.3 Å². The molecule has 0 saturated carbocycles. The Kier molecular flexibility index (Phi) is 4.89. The molecule has 0 unspecified atom stereocenters. The van der Waals surface area contributed by atoms with Crippen molar-refractivity contribution >= 4 is 11.3 Å². The molecule has 0 aromatic carbocycles. The molecule has 0 radical (unpaired) electrons. The first-order valence-electron chi connectivity index (χ1n) is 5.69. The largest absolute Gasteiger partial charge is 0.396 e. The fraction of sp³-hybridized carbons (Fsp3) is 0.750. The lowest BCUT2D eigenvalue weighted by Crippen LogP contribution is -2.29. The summed E-state index contributed by atoms with van der Waals surface area (Å²) in [7, 11) is 0. The summed E-state index contributed by atoms with van der Waals surface area (Å²) in [6.07, 6.45) is 0.834. The van der Waals surface area contributed by atoms with Crippen LogP contribution >= 0.6 is 11.3 Å². The minimum atomic E-state index is 0.155. The standard InChI is InChI=1S/C12H22N2OS/c1-9-11(16-10(2)14-9)7-13-8-12(3,4)5-6-15/h13,15H,5-8H2,1-4H3. The Labute approximate surface area is 102 Å². The summed E-state index contributed by atoms with van der Waals surface area (Å²) in [6.45, 7) is 10.5. The number of aliphatic hydroxyl groups is 1. The molecule has 0 fully saturated rings. The summed E-state index contributed by atoms with van der Waals surface area (Å²) in [4.78, 5) is 5.72. The number of nitrogens with zero attached hydrogens (tertiary/aromatic N) is 1. The summed E-state index contributed by atoms with van der Waals surface area (Å²) in [5.41, 5.74) is 1.29. The van der Waals surface area contributed by atoms with Crippen LogP contribution in [0.3, 0.4) is 0 Å². The van der Waals surface area contributed by atoms with Crippen LogP contribution in [-0.4, -0.2) is 23.2 Å². The molecule has 1 aromatic rings. The third-order valence-corrected chi connectivity index (χ3v) is 3.75. The fourth-order valence-electron chi connectivity index (χ4n) is 1.64. The molecule has 16 heavy (non-hydrogen) atoms. The average molecular weight is 242 g/mol. The second-order valence-electron chi connectivity index (χ2n) is 4.98. The molecule has 92 valence electrons. The van der Waals surface area contributed by atoms with Gasteiger partial charge in [-0.3, -0.25) is 0 Å². The highest BCUT2D eigenvalue weighted by atomic mass is 32.1. The Morgan fingerprint density at radius 2 is 2.06 bits per heavy atom. The maximum atomic E-state index is 8.93. The topological polar surface area (TPSA) is 45.2 Å². The van der Waals surface area contributed by atoms with E-state index < -0.39 is 0 Å². The predicted octanol–water partition coefficient (Wildman–Crippen LogP) is 2.26. The molecule has 0 saturated heterocycles. The lowest BCUT2D eigenvalue weighted by Gasteiger charge is -2.23. The van der Waals surface area contributed by atoms with E-state index in [-0.39, 0.29) is 12.0 Å². The molecule has 4 heteroatoms. The minimum absolute atomic E-state index is 0.155. The van der Waals surface area contributed by atoms with Crippen LogP contribution in [0.5, 0.6) is 0 Å². The van der Waals surface area contributed by atoms with Gasteiger partial charge in [-0.1, -0.05) is 13.8 Å². The third-order valence-electron chi connectivity index (χ3n) is 2.68. The van der Waals surface area contributed by atoms with Crippen molar-refractivity contribution in [2.24, 2.45) is 5.41 Å². The van der Waals surface area contributed by atoms with Gasteiger partial charge in [0.1, 0.15) is 0 Å². The van der Waals surface area contributed by atoms with E-state index in [9.17, 15) is 0 Å². The van der Waals surface area contributed by atoms with Gasteiger partial charge in [0.25, 0.3) is 0 Å². The SMILES string of the molecule is Cc1nc(C)c(CNCC(C)(C)CCO)s1. The zero-order valence-corrected chi connectivity index (χ0v) is 11.4. The van der Waals surface area contributed by atoms with Gasteiger partial charge in [0.2, 0.25) is 0 Å². The molecule has 0 aliphatic heterocycles. The van der Waals surface area contributed by atoms with Crippen LogP contribution in [0.2, 0.25) is 0 Å². The average Bonchev–Trinajstić information content (AvgIpc) is 2.44. The molecular formula is C12H22N2OS. The van der Waals surface area contributed by atoms with Gasteiger partial charge in [-0.15, -0.1) is 11.3 Å². The molecule has 1 aromatic heterocycles. The molecular weight excluding hydrogens is 220 g/mol. The lowest BCUT2D eigenvalue weighted by molar-refractivity contribution is 0.207. The van der Waals surface area contributed by atoms with Gasteiger partial charge in [0, 0.05) is 24.6 Å². The number of aromatic nitrogens is 1. The minimum Gasteiger partial charge on any atom is -0.396 e. The number of hydrogen-bond donors (Lipinski definition) is 2. The predicted molar refractivity (Wildman–Crippen MR) is 68.8 cm³/mol. The van der Waals surface area contributed by atoms with E-state index in [1.807, 2.05) is 6.92 Å². The molecule has 0 aliphatic carbocycles. The van der Waals surface area contributed by atoms with Crippen LogP contribution in [0.15, 0.2) is 0 Å². The Morgan fingerprint density at radius 1 is 1.38 bits per heavy atom. The van der Waals surface area contributed by atoms with Crippen molar-refractivity contribution in [3.8, 4) is 0 Å². The maximum Gasteiger partial charge on any atom is 0.0900 e. The van der Waals surface area contributed by atoms with Crippen LogP contribution in [0.4, 0.5) is 0 Å². The first-order valence-corrected chi connectivity index (χ1v) is 6.51. The second-order valence-corrected chi connectivity index (χ2v) is 6.27. The van der Waals surface area contributed by atoms with Crippen molar-refractivity contribution < 1.29 is 5.11 Å². The van der Waals surface area contributed by atoms with Crippen LogP contribution < -0.4 is 5.32 Å². The Balaban J connectivity index is 2.38. The molecule has 0 amide bonds. The van der Waals surface area contributed by atoms with E-state index in [0.29, 0.717) is 0 Å². The van der Waals surface area contributed by atoms with Crippen molar-refractivity contribution in [1.29, 1.82) is 0 Å². The number of hydrogen-bond acceptors (Lipinski definition) is 4. The zero-order chi connectivity index (χ0) is 12.2. The summed E-state index contributed by atoms with van der Waals surface area (Å²) < 4.78 is 0. The van der Waals surface area contributed by atoms with Crippen molar-refractivity contribution in [3.63, 3.8) is 0 Å². The fourth-order valence-corrected chi connectivity index (χ4v) is 2.55. The molecule has 1 heterocycles. The molecule has 1 rings (SSSR count). The molecule has 0 aliphatic rings. The van der Waals surface area contributed by atoms with Crippen LogP contribution in [-0.2, 0) is 6.54 Å². The van der Waals surface area contributed by atoms with Gasteiger partial charge >= 0.3 is 0 Å². The third kappa shape index (κ3) is 4.20. The molecule has 0 atom stereocenters. The molecule has 3 nitrogen and oxygen atoms in total. The van der Waals surface area contributed by atoms with Gasteiger partial charge in [-0.25, -0.2) is 4.98 Å². The van der Waals surface area contributed by atoms with Crippen LogP contribution in [0.25, 0.3) is 0 Å². The molecule has 0 bridgehead atoms. The van der Waals surface area contributed by atoms with Gasteiger partial charge in [0.15, 0.2) is 0 Å². The number of aryl methyl sites for hydroxylation is 2. The van der Waals surface area contributed by atoms with Crippen LogP contribution in [0.1, 0.15) is 35.8 Å². The summed E-state index contributed by atoms with van der Waals surface area (Å²) in [5, 5.41) is 13.5. The Bertz CT molecular complexity index is 334. The molecule has 2 N–H and O–H groups in total. The van der Waals surface area contributed by atoms with E-state index >= 15 is 0 Å². The second kappa shape index (κ2) is 5.75. The van der Waals surface area contributed by atoms with Gasteiger partial charge in [0.05, 0.1) is 10.7 Å². The first kappa shape index (κ1) is 13.6. The van der Waals surface area contributed by atoms with Gasteiger partial charge in [-0.05, 0) is 25.7 Å². The monoisotopic (exact) mass is 242 g/mol. The highest BCUT2D eigenvalue weighted by Gasteiger charge is 2.16. The van der Waals surface area contributed by atoms with Crippen molar-refractivity contribution in [1.82, 2.24) is 10.3 Å². The van der Waals surface area contributed by atoms with E-state index in [4.69, 9.17) is 5.11 Å². The van der Waals surface area contributed by atoms with Crippen molar-refractivity contribution in [3.05, 3.63) is 15.6 Å². The quantitative estimate of drug-likeness (QED) is 0.804.